The highest BCUT2D eigenvalue weighted by atomic mass is 16.5. The number of carbonyl (C=O) groups excluding carboxylic acids is 2. The zero-order valence-corrected chi connectivity index (χ0v) is 17.1. The number of rotatable bonds is 8. The van der Waals surface area contributed by atoms with Crippen LogP contribution in [0.15, 0.2) is 42.5 Å². The molecule has 0 aliphatic heterocycles. The molecule has 30 heavy (non-hydrogen) atoms. The van der Waals surface area contributed by atoms with Crippen LogP contribution in [0.2, 0.25) is 0 Å². The first-order valence-electron chi connectivity index (χ1n) is 9.57. The second-order valence-corrected chi connectivity index (χ2v) is 6.46. The fourth-order valence-electron chi connectivity index (χ4n) is 2.71. The van der Waals surface area contributed by atoms with E-state index in [4.69, 9.17) is 9.84 Å². The first-order valence-corrected chi connectivity index (χ1v) is 9.57. The van der Waals surface area contributed by atoms with Gasteiger partial charge in [-0.1, -0.05) is 13.8 Å². The van der Waals surface area contributed by atoms with E-state index in [1.807, 2.05) is 13.8 Å². The van der Waals surface area contributed by atoms with Gasteiger partial charge in [0.15, 0.2) is 0 Å². The van der Waals surface area contributed by atoms with Crippen LogP contribution in [0.25, 0.3) is 0 Å². The lowest BCUT2D eigenvalue weighted by atomic mass is 10.1. The van der Waals surface area contributed by atoms with Crippen LogP contribution in [-0.4, -0.2) is 36.2 Å². The third-order valence-corrected chi connectivity index (χ3v) is 4.36. The van der Waals surface area contributed by atoms with Crippen molar-refractivity contribution in [1.82, 2.24) is 10.6 Å². The maximum atomic E-state index is 12.3. The minimum Gasteiger partial charge on any atom is -0.465 e. The number of urea groups is 1. The molecular formula is C21H26N4O5. The van der Waals surface area contributed by atoms with Gasteiger partial charge < -0.3 is 25.8 Å². The molecule has 0 spiro atoms. The van der Waals surface area contributed by atoms with E-state index in [0.717, 1.165) is 12.8 Å². The third kappa shape index (κ3) is 6.40. The standard InChI is InChI=1S/C21H26N4O5/c1-4-13(5-2)23-20(27)24-15-8-11-18(17(12-15)19(26)22-3)30-16-9-6-14(7-10-16)25-21(28)29/h6-13,25H,4-5H2,1-3H3,(H,22,26)(H,28,29)(H2,23,24,27). The Kier molecular flexibility index (Phi) is 8.04. The lowest BCUT2D eigenvalue weighted by Gasteiger charge is -2.16. The minimum atomic E-state index is -1.16. The zero-order valence-electron chi connectivity index (χ0n) is 17.1. The molecule has 2 aromatic carbocycles. The molecule has 0 aliphatic rings. The predicted octanol–water partition coefficient (Wildman–Crippen LogP) is 4.24. The second kappa shape index (κ2) is 10.7. The van der Waals surface area contributed by atoms with Crippen molar-refractivity contribution in [2.45, 2.75) is 32.7 Å². The number of amides is 4. The summed E-state index contributed by atoms with van der Waals surface area (Å²) in [5, 5.41) is 19.1. The topological polar surface area (TPSA) is 129 Å². The molecule has 9 heteroatoms. The predicted molar refractivity (Wildman–Crippen MR) is 115 cm³/mol. The lowest BCUT2D eigenvalue weighted by molar-refractivity contribution is 0.0960. The van der Waals surface area contributed by atoms with Crippen molar-refractivity contribution in [3.05, 3.63) is 48.0 Å². The number of benzene rings is 2. The van der Waals surface area contributed by atoms with E-state index >= 15 is 0 Å². The highest BCUT2D eigenvalue weighted by Crippen LogP contribution is 2.29. The van der Waals surface area contributed by atoms with Gasteiger partial charge in [-0.3, -0.25) is 10.1 Å². The van der Waals surface area contributed by atoms with E-state index in [9.17, 15) is 14.4 Å². The number of hydrogen-bond donors (Lipinski definition) is 5. The SMILES string of the molecule is CCC(CC)NC(=O)Nc1ccc(Oc2ccc(NC(=O)O)cc2)c(C(=O)NC)c1. The van der Waals surface area contributed by atoms with Gasteiger partial charge >= 0.3 is 12.1 Å². The van der Waals surface area contributed by atoms with Gasteiger partial charge in [0.05, 0.1) is 5.56 Å². The van der Waals surface area contributed by atoms with Gasteiger partial charge in [0.2, 0.25) is 0 Å². The molecule has 5 N–H and O–H groups in total. The summed E-state index contributed by atoms with van der Waals surface area (Å²) in [5.41, 5.74) is 1.08. The molecule has 0 aliphatic carbocycles. The normalized spacial score (nSPS) is 10.3. The van der Waals surface area contributed by atoms with Crippen molar-refractivity contribution in [2.24, 2.45) is 0 Å². The quantitative estimate of drug-likeness (QED) is 0.441. The summed E-state index contributed by atoms with van der Waals surface area (Å²) in [6, 6.07) is 10.7. The summed E-state index contributed by atoms with van der Waals surface area (Å²) in [4.78, 5) is 35.2. The van der Waals surface area contributed by atoms with E-state index in [2.05, 4.69) is 21.3 Å². The van der Waals surface area contributed by atoms with Crippen LogP contribution in [0, 0.1) is 0 Å². The van der Waals surface area contributed by atoms with Gasteiger partial charge in [0.25, 0.3) is 5.91 Å². The highest BCUT2D eigenvalue weighted by molar-refractivity contribution is 5.99. The summed E-state index contributed by atoms with van der Waals surface area (Å²) in [6.45, 7) is 3.99. The third-order valence-electron chi connectivity index (χ3n) is 4.36. The Hall–Kier alpha value is -3.75. The molecule has 0 bridgehead atoms. The molecule has 9 nitrogen and oxygen atoms in total. The summed E-state index contributed by atoms with van der Waals surface area (Å²) in [5.74, 6) is 0.334. The maximum absolute atomic E-state index is 12.3. The van der Waals surface area contributed by atoms with Crippen LogP contribution in [0.3, 0.4) is 0 Å². The molecule has 0 unspecified atom stereocenters. The molecule has 2 aromatic rings. The molecule has 2 rings (SSSR count). The zero-order chi connectivity index (χ0) is 22.1. The van der Waals surface area contributed by atoms with E-state index < -0.39 is 6.09 Å². The van der Waals surface area contributed by atoms with Crippen molar-refractivity contribution in [1.29, 1.82) is 0 Å². The molecule has 0 fully saturated rings. The summed E-state index contributed by atoms with van der Waals surface area (Å²) < 4.78 is 5.79. The largest absolute Gasteiger partial charge is 0.465 e. The van der Waals surface area contributed by atoms with E-state index in [1.54, 1.807) is 36.4 Å². The average Bonchev–Trinajstić information content (AvgIpc) is 2.73. The Bertz CT molecular complexity index is 895. The van der Waals surface area contributed by atoms with E-state index in [0.29, 0.717) is 22.9 Å². The lowest BCUT2D eigenvalue weighted by Crippen LogP contribution is -2.37. The van der Waals surface area contributed by atoms with Crippen LogP contribution in [0.1, 0.15) is 37.0 Å². The number of ether oxygens (including phenoxy) is 1. The Morgan fingerprint density at radius 3 is 2.17 bits per heavy atom. The Balaban J connectivity index is 2.18. The van der Waals surface area contributed by atoms with Gasteiger partial charge in [-0.05, 0) is 55.3 Å². The van der Waals surface area contributed by atoms with Crippen LogP contribution in [-0.2, 0) is 0 Å². The van der Waals surface area contributed by atoms with E-state index in [-0.39, 0.29) is 23.5 Å². The number of carboxylic acid groups (broad SMARTS) is 1. The van der Waals surface area contributed by atoms with Gasteiger partial charge in [-0.25, -0.2) is 9.59 Å². The molecule has 160 valence electrons. The van der Waals surface area contributed by atoms with E-state index in [1.165, 1.54) is 13.1 Å². The van der Waals surface area contributed by atoms with Crippen LogP contribution >= 0.6 is 0 Å². The fourth-order valence-corrected chi connectivity index (χ4v) is 2.71. The molecule has 0 radical (unpaired) electrons. The second-order valence-electron chi connectivity index (χ2n) is 6.46. The molecular weight excluding hydrogens is 388 g/mol. The molecule has 0 saturated carbocycles. The van der Waals surface area contributed by atoms with Gasteiger partial charge in [-0.15, -0.1) is 0 Å². The van der Waals surface area contributed by atoms with Crippen LogP contribution < -0.4 is 26.0 Å². The summed E-state index contributed by atoms with van der Waals surface area (Å²) >= 11 is 0. The number of anilines is 2. The van der Waals surface area contributed by atoms with Gasteiger partial charge in [-0.2, -0.15) is 0 Å². The first-order chi connectivity index (χ1) is 14.4. The minimum absolute atomic E-state index is 0.0737. The van der Waals surface area contributed by atoms with Crippen molar-refractivity contribution in [3.63, 3.8) is 0 Å². The summed E-state index contributed by atoms with van der Waals surface area (Å²) in [6.07, 6.45) is 0.476. The molecule has 0 heterocycles. The molecule has 0 atom stereocenters. The van der Waals surface area contributed by atoms with Crippen molar-refractivity contribution >= 4 is 29.4 Å². The Morgan fingerprint density at radius 2 is 1.60 bits per heavy atom. The maximum Gasteiger partial charge on any atom is 0.409 e. The van der Waals surface area contributed by atoms with Gasteiger partial charge in [0.1, 0.15) is 11.5 Å². The molecule has 0 aromatic heterocycles. The van der Waals surface area contributed by atoms with Crippen molar-refractivity contribution < 1.29 is 24.2 Å². The Morgan fingerprint density at radius 1 is 0.967 bits per heavy atom. The average molecular weight is 414 g/mol. The van der Waals surface area contributed by atoms with Crippen molar-refractivity contribution in [2.75, 3.05) is 17.7 Å². The fraction of sp³-hybridized carbons (Fsp3) is 0.286. The number of nitrogens with one attached hydrogen (secondary N) is 4. The highest BCUT2D eigenvalue weighted by Gasteiger charge is 2.15. The van der Waals surface area contributed by atoms with Gasteiger partial charge in [0, 0.05) is 24.5 Å². The Labute approximate surface area is 174 Å². The molecule has 4 amide bonds. The first kappa shape index (κ1) is 22.5. The number of carbonyl (C=O) groups is 3. The van der Waals surface area contributed by atoms with Crippen molar-refractivity contribution in [3.8, 4) is 11.5 Å². The smallest absolute Gasteiger partial charge is 0.409 e. The van der Waals surface area contributed by atoms with Crippen LogP contribution in [0.4, 0.5) is 21.0 Å². The van der Waals surface area contributed by atoms with Crippen LogP contribution in [0.5, 0.6) is 11.5 Å². The number of hydrogen-bond acceptors (Lipinski definition) is 4. The molecule has 0 saturated heterocycles. The summed E-state index contributed by atoms with van der Waals surface area (Å²) in [7, 11) is 1.50. The monoisotopic (exact) mass is 414 g/mol.